The Bertz CT molecular complexity index is 498. The number of halogens is 2. The first-order valence-electron chi connectivity index (χ1n) is 5.38. The summed E-state index contributed by atoms with van der Waals surface area (Å²) in [5.74, 6) is -1.13. The highest BCUT2D eigenvalue weighted by atomic mass is 35.5. The highest BCUT2D eigenvalue weighted by Crippen LogP contribution is 2.29. The van der Waals surface area contributed by atoms with Crippen LogP contribution in [-0.4, -0.2) is 23.7 Å². The summed E-state index contributed by atoms with van der Waals surface area (Å²) in [6.07, 6.45) is -2.14. The van der Waals surface area contributed by atoms with E-state index in [1.165, 1.54) is 13.0 Å². The molecule has 0 aliphatic heterocycles. The van der Waals surface area contributed by atoms with Gasteiger partial charge in [0.15, 0.2) is 0 Å². The number of nitro groups is 1. The number of alkyl halides is 1. The zero-order valence-electron chi connectivity index (χ0n) is 10.0. The van der Waals surface area contributed by atoms with Gasteiger partial charge in [0.2, 0.25) is 6.17 Å². The Morgan fingerprint density at radius 3 is 2.79 bits per heavy atom. The van der Waals surface area contributed by atoms with E-state index in [1.54, 1.807) is 0 Å². The van der Waals surface area contributed by atoms with Gasteiger partial charge in [-0.15, -0.1) is 0 Å². The maximum atomic E-state index is 13.7. The maximum absolute atomic E-state index is 13.7. The molecule has 8 heteroatoms. The van der Waals surface area contributed by atoms with Crippen molar-refractivity contribution in [1.82, 2.24) is 0 Å². The highest BCUT2D eigenvalue weighted by molar-refractivity contribution is 6.31. The number of esters is 1. The summed E-state index contributed by atoms with van der Waals surface area (Å²) < 4.78 is 18.2. The number of nitrogens with two attached hydrogens (primary N) is 1. The Morgan fingerprint density at radius 2 is 2.26 bits per heavy atom. The molecule has 1 aromatic carbocycles. The fourth-order valence-corrected chi connectivity index (χ4v) is 1.67. The van der Waals surface area contributed by atoms with Crippen molar-refractivity contribution in [2.45, 2.75) is 19.1 Å². The molecule has 0 aliphatic rings. The number of carbonyl (C=O) groups excluding carboxylic acids is 1. The van der Waals surface area contributed by atoms with Crippen LogP contribution in [0.4, 0.5) is 10.1 Å². The minimum atomic E-state index is -2.14. The topological polar surface area (TPSA) is 95.5 Å². The maximum Gasteiger partial charge on any atom is 0.342 e. The molecule has 2 N–H and O–H groups in total. The van der Waals surface area contributed by atoms with Gasteiger partial charge in [-0.2, -0.15) is 0 Å². The first-order valence-corrected chi connectivity index (χ1v) is 5.76. The molecule has 0 heterocycles. The lowest BCUT2D eigenvalue weighted by molar-refractivity contribution is -0.384. The van der Waals surface area contributed by atoms with E-state index in [4.69, 9.17) is 17.3 Å². The molecule has 19 heavy (non-hydrogen) atoms. The molecule has 0 spiro atoms. The Morgan fingerprint density at radius 1 is 1.63 bits per heavy atom. The van der Waals surface area contributed by atoms with Gasteiger partial charge in [0.25, 0.3) is 5.69 Å². The largest absolute Gasteiger partial charge is 0.464 e. The van der Waals surface area contributed by atoms with Gasteiger partial charge in [-0.3, -0.25) is 10.1 Å². The van der Waals surface area contributed by atoms with E-state index in [0.717, 1.165) is 12.1 Å². The fourth-order valence-electron chi connectivity index (χ4n) is 1.43. The van der Waals surface area contributed by atoms with Crippen molar-refractivity contribution in [2.24, 2.45) is 5.73 Å². The van der Waals surface area contributed by atoms with Gasteiger partial charge in [0.1, 0.15) is 0 Å². The van der Waals surface area contributed by atoms with Crippen LogP contribution in [0.2, 0.25) is 5.02 Å². The lowest BCUT2D eigenvalue weighted by atomic mass is 10.0. The highest BCUT2D eigenvalue weighted by Gasteiger charge is 2.30. The Balaban J connectivity index is 3.04. The van der Waals surface area contributed by atoms with Crippen LogP contribution in [0.25, 0.3) is 0 Å². The van der Waals surface area contributed by atoms with Crippen molar-refractivity contribution >= 4 is 23.3 Å². The molecule has 1 rings (SSSR count). The molecular formula is C11H12ClFN2O4. The summed E-state index contributed by atoms with van der Waals surface area (Å²) in [5, 5.41) is 10.7. The second-order valence-electron chi connectivity index (χ2n) is 3.64. The monoisotopic (exact) mass is 290 g/mol. The SMILES string of the molecule is CCOC(=O)C(F)[C@H](N)c1cc([N+](=O)[O-])ccc1Cl. The van der Waals surface area contributed by atoms with E-state index in [2.05, 4.69) is 4.74 Å². The third kappa shape index (κ3) is 3.62. The van der Waals surface area contributed by atoms with Crippen molar-refractivity contribution in [2.75, 3.05) is 6.61 Å². The molecule has 0 amide bonds. The molecule has 6 nitrogen and oxygen atoms in total. The summed E-state index contributed by atoms with van der Waals surface area (Å²) in [6.45, 7) is 1.53. The van der Waals surface area contributed by atoms with Gasteiger partial charge in [-0.25, -0.2) is 9.18 Å². The molecule has 1 unspecified atom stereocenters. The smallest absolute Gasteiger partial charge is 0.342 e. The van der Waals surface area contributed by atoms with Crippen molar-refractivity contribution in [3.63, 3.8) is 0 Å². The molecular weight excluding hydrogens is 279 g/mol. The van der Waals surface area contributed by atoms with Crippen molar-refractivity contribution in [3.05, 3.63) is 38.9 Å². The molecule has 0 aromatic heterocycles. The van der Waals surface area contributed by atoms with Gasteiger partial charge in [-0.1, -0.05) is 11.6 Å². The number of benzene rings is 1. The number of hydrogen-bond acceptors (Lipinski definition) is 5. The first-order chi connectivity index (χ1) is 8.88. The van der Waals surface area contributed by atoms with Gasteiger partial charge in [0, 0.05) is 17.2 Å². The van der Waals surface area contributed by atoms with Crippen LogP contribution in [0.3, 0.4) is 0 Å². The molecule has 0 fully saturated rings. The normalized spacial score (nSPS) is 13.7. The van der Waals surface area contributed by atoms with E-state index in [1.807, 2.05) is 0 Å². The van der Waals surface area contributed by atoms with Crippen LogP contribution in [0.1, 0.15) is 18.5 Å². The van der Waals surface area contributed by atoms with E-state index >= 15 is 0 Å². The van der Waals surface area contributed by atoms with Gasteiger partial charge < -0.3 is 10.5 Å². The molecule has 1 aromatic rings. The minimum absolute atomic E-state index is 0.00857. The lowest BCUT2D eigenvalue weighted by Gasteiger charge is -2.16. The van der Waals surface area contributed by atoms with Crippen LogP contribution in [0, 0.1) is 10.1 Å². The van der Waals surface area contributed by atoms with E-state index < -0.39 is 23.1 Å². The molecule has 0 saturated heterocycles. The standard InChI is InChI=1S/C11H12ClFN2O4/c1-2-19-11(16)9(13)10(14)7-5-6(15(17)18)3-4-8(7)12/h3-5,9-10H,2,14H2,1H3/t9?,10-/m1/s1. The number of rotatable bonds is 5. The van der Waals surface area contributed by atoms with Crippen LogP contribution < -0.4 is 5.73 Å². The second-order valence-corrected chi connectivity index (χ2v) is 4.05. The van der Waals surface area contributed by atoms with E-state index in [9.17, 15) is 19.3 Å². The van der Waals surface area contributed by atoms with Crippen molar-refractivity contribution in [1.29, 1.82) is 0 Å². The van der Waals surface area contributed by atoms with Gasteiger partial charge in [-0.05, 0) is 18.6 Å². The number of hydrogen-bond donors (Lipinski definition) is 1. The average Bonchev–Trinajstić information content (AvgIpc) is 2.37. The molecule has 2 atom stereocenters. The molecule has 104 valence electrons. The second kappa shape index (κ2) is 6.44. The van der Waals surface area contributed by atoms with Crippen molar-refractivity contribution < 1.29 is 18.8 Å². The van der Waals surface area contributed by atoms with Crippen molar-refractivity contribution in [3.8, 4) is 0 Å². The Kier molecular flexibility index (Phi) is 5.20. The summed E-state index contributed by atoms with van der Waals surface area (Å²) in [6, 6.07) is 2.01. The van der Waals surface area contributed by atoms with Crippen LogP contribution >= 0.6 is 11.6 Å². The third-order valence-corrected chi connectivity index (χ3v) is 2.72. The Labute approximate surface area is 113 Å². The minimum Gasteiger partial charge on any atom is -0.464 e. The van der Waals surface area contributed by atoms with Crippen LogP contribution in [-0.2, 0) is 9.53 Å². The van der Waals surface area contributed by atoms with Crippen LogP contribution in [0.5, 0.6) is 0 Å². The molecule has 0 radical (unpaired) electrons. The van der Waals surface area contributed by atoms with Crippen LogP contribution in [0.15, 0.2) is 18.2 Å². The quantitative estimate of drug-likeness (QED) is 0.509. The average molecular weight is 291 g/mol. The summed E-state index contributed by atoms with van der Waals surface area (Å²) in [7, 11) is 0. The number of nitro benzene ring substituents is 1. The van der Waals surface area contributed by atoms with E-state index in [0.29, 0.717) is 0 Å². The zero-order valence-corrected chi connectivity index (χ0v) is 10.8. The predicted octanol–water partition coefficient (Wildman–Crippen LogP) is 2.15. The molecule has 0 saturated carbocycles. The summed E-state index contributed by atoms with van der Waals surface area (Å²) >= 11 is 5.80. The number of non-ortho nitro benzene ring substituents is 1. The Hall–Kier alpha value is -1.73. The fraction of sp³-hybridized carbons (Fsp3) is 0.364. The molecule has 0 bridgehead atoms. The van der Waals surface area contributed by atoms with Gasteiger partial charge >= 0.3 is 5.97 Å². The summed E-state index contributed by atoms with van der Waals surface area (Å²) in [5.41, 5.74) is 5.25. The van der Waals surface area contributed by atoms with Gasteiger partial charge in [0.05, 0.1) is 17.6 Å². The first kappa shape index (κ1) is 15.3. The summed E-state index contributed by atoms with van der Waals surface area (Å²) in [4.78, 5) is 21.2. The number of nitrogens with zero attached hydrogens (tertiary/aromatic N) is 1. The molecule has 0 aliphatic carbocycles. The third-order valence-electron chi connectivity index (χ3n) is 2.38. The zero-order chi connectivity index (χ0) is 14.6. The number of carbonyl (C=O) groups is 1. The van der Waals surface area contributed by atoms with E-state index in [-0.39, 0.29) is 22.9 Å². The predicted molar refractivity (Wildman–Crippen MR) is 66.6 cm³/mol. The number of ether oxygens (including phenoxy) is 1. The lowest BCUT2D eigenvalue weighted by Crippen LogP contribution is -2.31.